The highest BCUT2D eigenvalue weighted by atomic mass is 16.3. The van der Waals surface area contributed by atoms with Crippen LogP contribution in [-0.4, -0.2) is 0 Å². The summed E-state index contributed by atoms with van der Waals surface area (Å²) in [6, 6.07) is 94.7. The summed E-state index contributed by atoms with van der Waals surface area (Å²) in [4.78, 5) is 2.36. The molecule has 67 heavy (non-hydrogen) atoms. The van der Waals surface area contributed by atoms with Gasteiger partial charge in [0, 0.05) is 22.1 Å². The Morgan fingerprint density at radius 2 is 0.836 bits per heavy atom. The lowest BCUT2D eigenvalue weighted by atomic mass is 9.67. The van der Waals surface area contributed by atoms with Gasteiger partial charge < -0.3 is 9.32 Å². The number of rotatable bonds is 8. The molecule has 0 fully saturated rings. The number of anilines is 3. The number of fused-ring (bicyclic) bond motifs is 8. The Morgan fingerprint density at radius 3 is 1.54 bits per heavy atom. The molecule has 1 aliphatic carbocycles. The molecule has 1 aromatic heterocycles. The molecule has 2 nitrogen and oxygen atoms in total. The third kappa shape index (κ3) is 6.11. The van der Waals surface area contributed by atoms with E-state index in [0.29, 0.717) is 0 Å². The van der Waals surface area contributed by atoms with Gasteiger partial charge in [0.05, 0.1) is 16.5 Å². The smallest absolute Gasteiger partial charge is 0.143 e. The zero-order chi connectivity index (χ0) is 44.3. The van der Waals surface area contributed by atoms with Gasteiger partial charge in [-0.2, -0.15) is 0 Å². The average Bonchev–Trinajstić information content (AvgIpc) is 3.95. The summed E-state index contributed by atoms with van der Waals surface area (Å²) in [5.41, 5.74) is 19.4. The van der Waals surface area contributed by atoms with Crippen molar-refractivity contribution in [2.45, 2.75) is 5.41 Å². The molecule has 2 heteroatoms. The SMILES string of the molecule is c1ccc(-c2ccc(N(c3ccccc3)c3cccc4oc5c6ccccc6c(-c6ccc(-c7cccc8c7-c7ccccc7C8(c7ccccc7)c7ccccc7)cc6)cc5c34)cc2)cc1. The number of hydrogen-bond donors (Lipinski definition) is 0. The standard InChI is InChI=1S/C65H43NO/c1-5-19-44(20-6-1)45-39-41-51(42-40-45)66(50-25-11-4-12-26-50)60-33-18-34-61-63(60)57-43-56(53-27-13-14-28-54(53)64(57)67-61)47-37-35-46(36-38-47)52-30-17-32-59-62(52)55-29-15-16-31-58(55)65(59,48-21-7-2-8-22-48)49-23-9-3-10-24-49/h1-43H. The largest absolute Gasteiger partial charge is 0.455 e. The molecular weight excluding hydrogens is 811 g/mol. The Bertz CT molecular complexity index is 3720. The number of para-hydroxylation sites is 1. The summed E-state index contributed by atoms with van der Waals surface area (Å²) in [7, 11) is 0. The highest BCUT2D eigenvalue weighted by molar-refractivity contribution is 6.22. The van der Waals surface area contributed by atoms with Gasteiger partial charge in [0.15, 0.2) is 0 Å². The molecule has 0 amide bonds. The van der Waals surface area contributed by atoms with Gasteiger partial charge in [0.1, 0.15) is 11.2 Å². The second-order valence-electron chi connectivity index (χ2n) is 17.5. The fraction of sp³-hybridized carbons (Fsp3) is 0.0154. The second-order valence-corrected chi connectivity index (χ2v) is 17.5. The van der Waals surface area contributed by atoms with Crippen molar-refractivity contribution in [3.63, 3.8) is 0 Å². The summed E-state index contributed by atoms with van der Waals surface area (Å²) < 4.78 is 6.90. The van der Waals surface area contributed by atoms with E-state index in [-0.39, 0.29) is 0 Å². The van der Waals surface area contributed by atoms with Gasteiger partial charge in [-0.1, -0.05) is 218 Å². The molecular formula is C65H43NO. The van der Waals surface area contributed by atoms with Crippen LogP contribution in [-0.2, 0) is 5.41 Å². The topological polar surface area (TPSA) is 16.4 Å². The summed E-state index contributed by atoms with van der Waals surface area (Å²) in [6.45, 7) is 0. The molecule has 0 saturated heterocycles. The summed E-state index contributed by atoms with van der Waals surface area (Å²) in [5.74, 6) is 0. The first-order chi connectivity index (χ1) is 33.3. The zero-order valence-corrected chi connectivity index (χ0v) is 36.7. The molecule has 11 aromatic carbocycles. The van der Waals surface area contributed by atoms with E-state index in [1.54, 1.807) is 0 Å². The lowest BCUT2D eigenvalue weighted by Crippen LogP contribution is -2.28. The van der Waals surface area contributed by atoms with Gasteiger partial charge in [0.25, 0.3) is 0 Å². The second kappa shape index (κ2) is 15.8. The van der Waals surface area contributed by atoms with Crippen LogP contribution in [0.25, 0.3) is 77.2 Å². The highest BCUT2D eigenvalue weighted by Gasteiger charge is 2.46. The average molecular weight is 854 g/mol. The summed E-state index contributed by atoms with van der Waals surface area (Å²) >= 11 is 0. The summed E-state index contributed by atoms with van der Waals surface area (Å²) in [6.07, 6.45) is 0. The molecule has 0 radical (unpaired) electrons. The molecule has 0 unspecified atom stereocenters. The Hall–Kier alpha value is -8.72. The molecule has 1 heterocycles. The number of hydrogen-bond acceptors (Lipinski definition) is 2. The Labute approximate surface area is 390 Å². The van der Waals surface area contributed by atoms with Crippen LogP contribution in [0.5, 0.6) is 0 Å². The molecule has 0 N–H and O–H groups in total. The zero-order valence-electron chi connectivity index (χ0n) is 36.7. The maximum Gasteiger partial charge on any atom is 0.143 e. The number of nitrogens with zero attached hydrogens (tertiary/aromatic N) is 1. The molecule has 12 aromatic rings. The third-order valence-corrected chi connectivity index (χ3v) is 14.0. The van der Waals surface area contributed by atoms with Crippen LogP contribution in [0, 0.1) is 0 Å². The first-order valence-electron chi connectivity index (χ1n) is 23.1. The molecule has 0 bridgehead atoms. The minimum absolute atomic E-state index is 0.452. The molecule has 314 valence electrons. The van der Waals surface area contributed by atoms with Gasteiger partial charge in [-0.25, -0.2) is 0 Å². The van der Waals surface area contributed by atoms with Crippen molar-refractivity contribution in [1.82, 2.24) is 0 Å². The Morgan fingerprint density at radius 1 is 0.328 bits per heavy atom. The van der Waals surface area contributed by atoms with E-state index in [1.807, 2.05) is 0 Å². The van der Waals surface area contributed by atoms with Gasteiger partial charge in [0.2, 0.25) is 0 Å². The predicted octanol–water partition coefficient (Wildman–Crippen LogP) is 17.6. The Kier molecular flexibility index (Phi) is 9.11. The first-order valence-corrected chi connectivity index (χ1v) is 23.1. The quantitative estimate of drug-likeness (QED) is 0.151. The van der Waals surface area contributed by atoms with Crippen LogP contribution in [0.1, 0.15) is 22.3 Å². The molecule has 0 saturated carbocycles. The minimum Gasteiger partial charge on any atom is -0.455 e. The van der Waals surface area contributed by atoms with E-state index in [0.717, 1.165) is 55.3 Å². The van der Waals surface area contributed by atoms with Gasteiger partial charge in [-0.15, -0.1) is 0 Å². The van der Waals surface area contributed by atoms with E-state index in [9.17, 15) is 0 Å². The van der Waals surface area contributed by atoms with Crippen molar-refractivity contribution in [1.29, 1.82) is 0 Å². The van der Waals surface area contributed by atoms with E-state index in [4.69, 9.17) is 4.42 Å². The monoisotopic (exact) mass is 853 g/mol. The van der Waals surface area contributed by atoms with E-state index < -0.39 is 5.41 Å². The van der Waals surface area contributed by atoms with Crippen LogP contribution in [0.4, 0.5) is 17.1 Å². The van der Waals surface area contributed by atoms with Crippen molar-refractivity contribution >= 4 is 49.8 Å². The number of benzene rings is 11. The van der Waals surface area contributed by atoms with Crippen molar-refractivity contribution in [2.24, 2.45) is 0 Å². The first kappa shape index (κ1) is 38.7. The van der Waals surface area contributed by atoms with Gasteiger partial charge in [-0.05, 0) is 115 Å². The highest BCUT2D eigenvalue weighted by Crippen LogP contribution is 2.58. The van der Waals surface area contributed by atoms with Crippen LogP contribution in [0.3, 0.4) is 0 Å². The van der Waals surface area contributed by atoms with Crippen LogP contribution >= 0.6 is 0 Å². The molecule has 0 aliphatic heterocycles. The fourth-order valence-corrected chi connectivity index (χ4v) is 11.1. The van der Waals surface area contributed by atoms with E-state index >= 15 is 0 Å². The van der Waals surface area contributed by atoms with Crippen molar-refractivity contribution in [3.8, 4) is 44.5 Å². The van der Waals surface area contributed by atoms with Crippen LogP contribution in [0.15, 0.2) is 265 Å². The third-order valence-electron chi connectivity index (χ3n) is 14.0. The summed E-state index contributed by atoms with van der Waals surface area (Å²) in [5, 5.41) is 4.41. The van der Waals surface area contributed by atoms with Crippen molar-refractivity contribution in [3.05, 3.63) is 283 Å². The van der Waals surface area contributed by atoms with Gasteiger partial charge in [-0.3, -0.25) is 0 Å². The van der Waals surface area contributed by atoms with E-state index in [1.165, 1.54) is 61.2 Å². The van der Waals surface area contributed by atoms with Crippen LogP contribution in [0.2, 0.25) is 0 Å². The Balaban J connectivity index is 0.968. The van der Waals surface area contributed by atoms with E-state index in [2.05, 4.69) is 266 Å². The lowest BCUT2D eigenvalue weighted by Gasteiger charge is -2.34. The molecule has 1 aliphatic rings. The van der Waals surface area contributed by atoms with Crippen LogP contribution < -0.4 is 4.90 Å². The normalized spacial score (nSPS) is 12.6. The van der Waals surface area contributed by atoms with Crippen molar-refractivity contribution in [2.75, 3.05) is 4.90 Å². The molecule has 0 spiro atoms. The predicted molar refractivity (Wildman–Crippen MR) is 280 cm³/mol. The minimum atomic E-state index is -0.452. The fourth-order valence-electron chi connectivity index (χ4n) is 11.1. The maximum absolute atomic E-state index is 6.90. The molecule has 13 rings (SSSR count). The van der Waals surface area contributed by atoms with Crippen molar-refractivity contribution < 1.29 is 4.42 Å². The lowest BCUT2D eigenvalue weighted by molar-refractivity contribution is 0.672. The maximum atomic E-state index is 6.90. The molecule has 0 atom stereocenters. The van der Waals surface area contributed by atoms with Gasteiger partial charge >= 0.3 is 0 Å². The number of furan rings is 1.